The quantitative estimate of drug-likeness (QED) is 0.253. The van der Waals surface area contributed by atoms with Crippen molar-refractivity contribution >= 4 is 0 Å². The molecule has 0 aromatic heterocycles. The zero-order valence-electron chi connectivity index (χ0n) is 17.9. The van der Waals surface area contributed by atoms with E-state index >= 15 is 0 Å². The fourth-order valence-electron chi connectivity index (χ4n) is 3.49. The third-order valence-corrected chi connectivity index (χ3v) is 5.44. The van der Waals surface area contributed by atoms with Crippen LogP contribution in [0.4, 0.5) is 0 Å². The van der Waals surface area contributed by atoms with E-state index in [-0.39, 0.29) is 13.2 Å². The Bertz CT molecular complexity index is 374. The van der Waals surface area contributed by atoms with Gasteiger partial charge in [-0.15, -0.1) is 0 Å². The molecular formula is C23H44O5. The summed E-state index contributed by atoms with van der Waals surface area (Å²) >= 11 is 0. The summed E-state index contributed by atoms with van der Waals surface area (Å²) in [5.41, 5.74) is 0. The first-order valence-corrected chi connectivity index (χ1v) is 11.5. The van der Waals surface area contributed by atoms with Crippen LogP contribution in [0.15, 0.2) is 12.2 Å². The molecule has 1 aliphatic heterocycles. The van der Waals surface area contributed by atoms with Gasteiger partial charge in [0.2, 0.25) is 0 Å². The smallest absolute Gasteiger partial charge is 0.111 e. The van der Waals surface area contributed by atoms with E-state index in [2.05, 4.69) is 19.1 Å². The van der Waals surface area contributed by atoms with Gasteiger partial charge in [-0.05, 0) is 32.1 Å². The van der Waals surface area contributed by atoms with Crippen LogP contribution in [-0.4, -0.2) is 59.6 Å². The van der Waals surface area contributed by atoms with E-state index in [0.717, 1.165) is 12.8 Å². The van der Waals surface area contributed by atoms with E-state index in [1.165, 1.54) is 70.6 Å². The Labute approximate surface area is 172 Å². The molecule has 0 radical (unpaired) electrons. The molecule has 3 N–H and O–H groups in total. The maximum atomic E-state index is 9.82. The number of unbranched alkanes of at least 4 members (excludes halogenated alkanes) is 11. The van der Waals surface area contributed by atoms with Crippen molar-refractivity contribution in [2.24, 2.45) is 0 Å². The number of ether oxygens (including phenoxy) is 2. The highest BCUT2D eigenvalue weighted by Crippen LogP contribution is 2.16. The third kappa shape index (κ3) is 12.2. The van der Waals surface area contributed by atoms with Crippen molar-refractivity contribution in [3.05, 3.63) is 12.2 Å². The molecule has 5 heteroatoms. The summed E-state index contributed by atoms with van der Waals surface area (Å²) in [6.45, 7) is 3.20. The SMILES string of the molecule is CCCCCC/C=C/CCCCCCCCCOC[C@H]1OC[C@H](O)[C@@H](O)[C@@H]1O. The molecule has 1 saturated heterocycles. The minimum absolute atomic E-state index is 0.0427. The van der Waals surface area contributed by atoms with Crippen LogP contribution in [0.1, 0.15) is 90.4 Å². The first-order chi connectivity index (χ1) is 13.7. The Hall–Kier alpha value is -0.460. The van der Waals surface area contributed by atoms with Crippen LogP contribution in [0, 0.1) is 0 Å². The lowest BCUT2D eigenvalue weighted by atomic mass is 10.0. The van der Waals surface area contributed by atoms with E-state index in [4.69, 9.17) is 9.47 Å². The Morgan fingerprint density at radius 3 is 2.00 bits per heavy atom. The van der Waals surface area contributed by atoms with E-state index in [1.54, 1.807) is 0 Å². The summed E-state index contributed by atoms with van der Waals surface area (Å²) < 4.78 is 10.9. The van der Waals surface area contributed by atoms with Gasteiger partial charge < -0.3 is 24.8 Å². The molecule has 1 aliphatic rings. The highest BCUT2D eigenvalue weighted by molar-refractivity contribution is 4.86. The van der Waals surface area contributed by atoms with Crippen LogP contribution < -0.4 is 0 Å². The average Bonchev–Trinajstić information content (AvgIpc) is 2.70. The van der Waals surface area contributed by atoms with Crippen molar-refractivity contribution in [2.75, 3.05) is 19.8 Å². The minimum atomic E-state index is -1.15. The molecule has 5 nitrogen and oxygen atoms in total. The number of hydrogen-bond acceptors (Lipinski definition) is 5. The van der Waals surface area contributed by atoms with E-state index in [1.807, 2.05) is 0 Å². The van der Waals surface area contributed by atoms with Gasteiger partial charge in [0.1, 0.15) is 24.4 Å². The molecular weight excluding hydrogens is 356 g/mol. The standard InChI is InChI=1S/C23H44O5/c1-2-3-4-5-6-7-8-9-10-11-12-13-14-15-16-17-27-19-21-23(26)22(25)20(24)18-28-21/h7-8,20-26H,2-6,9-19H2,1H3/b8-7+/t20-,21+,22+,23+/m0/s1. The van der Waals surface area contributed by atoms with Gasteiger partial charge >= 0.3 is 0 Å². The van der Waals surface area contributed by atoms with Gasteiger partial charge in [0.05, 0.1) is 13.2 Å². The highest BCUT2D eigenvalue weighted by atomic mass is 16.6. The molecule has 0 aromatic carbocycles. The van der Waals surface area contributed by atoms with Crippen molar-refractivity contribution in [1.29, 1.82) is 0 Å². The van der Waals surface area contributed by atoms with Crippen LogP contribution in [0.5, 0.6) is 0 Å². The second kappa shape index (κ2) is 17.4. The molecule has 0 saturated carbocycles. The maximum Gasteiger partial charge on any atom is 0.111 e. The van der Waals surface area contributed by atoms with E-state index in [0.29, 0.717) is 6.61 Å². The lowest BCUT2D eigenvalue weighted by Gasteiger charge is -2.35. The van der Waals surface area contributed by atoms with E-state index in [9.17, 15) is 15.3 Å². The lowest BCUT2D eigenvalue weighted by molar-refractivity contribution is -0.199. The Morgan fingerprint density at radius 2 is 1.36 bits per heavy atom. The predicted molar refractivity (Wildman–Crippen MR) is 113 cm³/mol. The van der Waals surface area contributed by atoms with Crippen molar-refractivity contribution in [3.63, 3.8) is 0 Å². The number of hydrogen-bond donors (Lipinski definition) is 3. The zero-order valence-corrected chi connectivity index (χ0v) is 17.9. The Kier molecular flexibility index (Phi) is 15.9. The normalized spacial score (nSPS) is 25.6. The second-order valence-electron chi connectivity index (χ2n) is 8.08. The summed E-state index contributed by atoms with van der Waals surface area (Å²) in [4.78, 5) is 0. The van der Waals surface area contributed by atoms with Crippen LogP contribution >= 0.6 is 0 Å². The molecule has 0 spiro atoms. The molecule has 1 heterocycles. The van der Waals surface area contributed by atoms with Crippen LogP contribution in [0.25, 0.3) is 0 Å². The molecule has 0 bridgehead atoms. The van der Waals surface area contributed by atoms with Gasteiger partial charge in [0.15, 0.2) is 0 Å². The summed E-state index contributed by atoms with van der Waals surface area (Å²) in [7, 11) is 0. The second-order valence-corrected chi connectivity index (χ2v) is 8.08. The first-order valence-electron chi connectivity index (χ1n) is 11.5. The minimum Gasteiger partial charge on any atom is -0.388 e. The molecule has 28 heavy (non-hydrogen) atoms. The number of rotatable bonds is 17. The Morgan fingerprint density at radius 1 is 0.786 bits per heavy atom. The topological polar surface area (TPSA) is 79.2 Å². The molecule has 0 aliphatic carbocycles. The fraction of sp³-hybridized carbons (Fsp3) is 0.913. The highest BCUT2D eigenvalue weighted by Gasteiger charge is 2.37. The zero-order chi connectivity index (χ0) is 20.5. The molecule has 166 valence electrons. The molecule has 0 amide bonds. The molecule has 0 unspecified atom stereocenters. The monoisotopic (exact) mass is 400 g/mol. The van der Waals surface area contributed by atoms with Crippen LogP contribution in [-0.2, 0) is 9.47 Å². The lowest BCUT2D eigenvalue weighted by Crippen LogP contribution is -2.54. The number of aliphatic hydroxyl groups is 3. The third-order valence-electron chi connectivity index (χ3n) is 5.44. The van der Waals surface area contributed by atoms with Crippen LogP contribution in [0.2, 0.25) is 0 Å². The summed E-state index contributed by atoms with van der Waals surface area (Å²) in [5.74, 6) is 0. The molecule has 1 fully saturated rings. The fourth-order valence-corrected chi connectivity index (χ4v) is 3.49. The van der Waals surface area contributed by atoms with Crippen LogP contribution in [0.3, 0.4) is 0 Å². The van der Waals surface area contributed by atoms with Gasteiger partial charge in [-0.2, -0.15) is 0 Å². The number of allylic oxidation sites excluding steroid dienone is 2. The summed E-state index contributed by atoms with van der Waals surface area (Å²) in [6, 6.07) is 0. The predicted octanol–water partition coefficient (Wildman–Crippen LogP) is 4.13. The summed E-state index contributed by atoms with van der Waals surface area (Å²) in [6.07, 6.45) is 17.4. The van der Waals surface area contributed by atoms with Gasteiger partial charge in [-0.25, -0.2) is 0 Å². The largest absolute Gasteiger partial charge is 0.388 e. The summed E-state index contributed by atoms with van der Waals surface area (Å²) in [5, 5.41) is 28.9. The molecule has 0 aromatic rings. The first kappa shape index (κ1) is 25.6. The van der Waals surface area contributed by atoms with Crippen molar-refractivity contribution in [1.82, 2.24) is 0 Å². The Balaban J connectivity index is 1.80. The number of aliphatic hydroxyl groups excluding tert-OH is 3. The van der Waals surface area contributed by atoms with E-state index < -0.39 is 24.4 Å². The maximum absolute atomic E-state index is 9.82. The molecule has 4 atom stereocenters. The van der Waals surface area contributed by atoms with Crippen molar-refractivity contribution in [3.8, 4) is 0 Å². The average molecular weight is 401 g/mol. The van der Waals surface area contributed by atoms with Crippen molar-refractivity contribution < 1.29 is 24.8 Å². The van der Waals surface area contributed by atoms with Gasteiger partial charge in [-0.3, -0.25) is 0 Å². The van der Waals surface area contributed by atoms with Crippen molar-refractivity contribution in [2.45, 2.75) is 115 Å². The van der Waals surface area contributed by atoms with Gasteiger partial charge in [-0.1, -0.05) is 70.4 Å². The van der Waals surface area contributed by atoms with Gasteiger partial charge in [0.25, 0.3) is 0 Å². The van der Waals surface area contributed by atoms with Gasteiger partial charge in [0, 0.05) is 6.61 Å². The molecule has 1 rings (SSSR count).